The quantitative estimate of drug-likeness (QED) is 0.567. The molecule has 0 aliphatic carbocycles. The van der Waals surface area contributed by atoms with E-state index >= 15 is 0 Å². The van der Waals surface area contributed by atoms with E-state index in [-0.39, 0.29) is 11.8 Å². The molecular weight excluding hydrogens is 380 g/mol. The molecule has 0 unspecified atom stereocenters. The molecule has 6 nitrogen and oxygen atoms in total. The van der Waals surface area contributed by atoms with E-state index in [9.17, 15) is 9.59 Å². The van der Waals surface area contributed by atoms with Gasteiger partial charge in [0, 0.05) is 24.7 Å². The smallest absolute Gasteiger partial charge is 0.255 e. The zero-order chi connectivity index (χ0) is 21.3. The van der Waals surface area contributed by atoms with Gasteiger partial charge in [0.15, 0.2) is 0 Å². The molecule has 0 aromatic heterocycles. The molecule has 6 heteroatoms. The van der Waals surface area contributed by atoms with Crippen LogP contribution in [0, 0.1) is 0 Å². The Morgan fingerprint density at radius 3 is 1.93 bits per heavy atom. The van der Waals surface area contributed by atoms with Crippen molar-refractivity contribution in [1.29, 1.82) is 0 Å². The van der Waals surface area contributed by atoms with E-state index in [2.05, 4.69) is 10.6 Å². The monoisotopic (exact) mass is 404 g/mol. The summed E-state index contributed by atoms with van der Waals surface area (Å²) >= 11 is 0. The average Bonchev–Trinajstić information content (AvgIpc) is 2.75. The fourth-order valence-electron chi connectivity index (χ4n) is 2.72. The lowest BCUT2D eigenvalue weighted by molar-refractivity contribution is -0.119. The van der Waals surface area contributed by atoms with E-state index in [1.165, 1.54) is 6.92 Å². The molecule has 2 amide bonds. The van der Waals surface area contributed by atoms with Gasteiger partial charge in [0.25, 0.3) is 5.91 Å². The first-order valence-electron chi connectivity index (χ1n) is 9.69. The van der Waals surface area contributed by atoms with Crippen LogP contribution in [0.2, 0.25) is 0 Å². The molecule has 0 saturated carbocycles. The number of benzene rings is 3. The molecular formula is C24H24N2O4. The molecule has 0 spiro atoms. The Balaban J connectivity index is 1.55. The minimum atomic E-state index is -0.207. The van der Waals surface area contributed by atoms with Crippen molar-refractivity contribution in [2.75, 3.05) is 11.9 Å². The van der Waals surface area contributed by atoms with Gasteiger partial charge in [-0.15, -0.1) is 0 Å². The summed E-state index contributed by atoms with van der Waals surface area (Å²) in [5.41, 5.74) is 2.13. The van der Waals surface area contributed by atoms with Gasteiger partial charge in [0.05, 0.1) is 6.61 Å². The summed E-state index contributed by atoms with van der Waals surface area (Å²) in [6, 6.07) is 21.7. The van der Waals surface area contributed by atoms with E-state index in [1.54, 1.807) is 36.4 Å². The average molecular weight is 404 g/mol. The van der Waals surface area contributed by atoms with Crippen LogP contribution in [-0.2, 0) is 11.3 Å². The molecule has 0 aliphatic rings. The first-order chi connectivity index (χ1) is 14.5. The summed E-state index contributed by atoms with van der Waals surface area (Å²) in [6.07, 6.45) is 0. The molecule has 2 N–H and O–H groups in total. The van der Waals surface area contributed by atoms with Crippen LogP contribution in [-0.4, -0.2) is 18.4 Å². The Morgan fingerprint density at radius 2 is 1.37 bits per heavy atom. The predicted octanol–water partition coefficient (Wildman–Crippen LogP) is 4.77. The highest BCUT2D eigenvalue weighted by Crippen LogP contribution is 2.25. The van der Waals surface area contributed by atoms with Crippen LogP contribution < -0.4 is 20.1 Å². The highest BCUT2D eigenvalue weighted by atomic mass is 16.5. The number of rotatable bonds is 8. The molecule has 0 heterocycles. The number of ether oxygens (including phenoxy) is 2. The number of nitrogens with one attached hydrogen (secondary N) is 2. The third-order valence-corrected chi connectivity index (χ3v) is 4.24. The Bertz CT molecular complexity index is 981. The highest BCUT2D eigenvalue weighted by molar-refractivity contribution is 6.04. The van der Waals surface area contributed by atoms with E-state index in [0.29, 0.717) is 35.9 Å². The first-order valence-corrected chi connectivity index (χ1v) is 9.69. The lowest BCUT2D eigenvalue weighted by atomic mass is 10.1. The molecule has 154 valence electrons. The fraction of sp³-hybridized carbons (Fsp3) is 0.167. The van der Waals surface area contributed by atoms with Crippen LogP contribution in [0.4, 0.5) is 5.69 Å². The van der Waals surface area contributed by atoms with Crippen LogP contribution in [0.5, 0.6) is 17.2 Å². The van der Waals surface area contributed by atoms with E-state index < -0.39 is 0 Å². The predicted molar refractivity (Wildman–Crippen MR) is 116 cm³/mol. The van der Waals surface area contributed by atoms with Gasteiger partial charge in [0.2, 0.25) is 5.91 Å². The Hall–Kier alpha value is -3.80. The SMILES string of the molecule is CCOc1ccc(Oc2ccc(NC(=O)c3ccc(CNC(C)=O)cc3)cc2)cc1. The minimum absolute atomic E-state index is 0.0910. The van der Waals surface area contributed by atoms with Gasteiger partial charge >= 0.3 is 0 Å². The van der Waals surface area contributed by atoms with E-state index in [4.69, 9.17) is 9.47 Å². The van der Waals surface area contributed by atoms with Crippen LogP contribution in [0.15, 0.2) is 72.8 Å². The van der Waals surface area contributed by atoms with Crippen LogP contribution in [0.3, 0.4) is 0 Å². The Labute approximate surface area is 175 Å². The number of anilines is 1. The van der Waals surface area contributed by atoms with E-state index in [1.807, 2.05) is 43.3 Å². The molecule has 0 saturated heterocycles. The number of hydrogen-bond donors (Lipinski definition) is 2. The highest BCUT2D eigenvalue weighted by Gasteiger charge is 2.07. The molecule has 3 aromatic carbocycles. The van der Waals surface area contributed by atoms with Gasteiger partial charge in [-0.05, 0) is 73.2 Å². The zero-order valence-corrected chi connectivity index (χ0v) is 17.0. The maximum absolute atomic E-state index is 12.4. The third kappa shape index (κ3) is 6.10. The van der Waals surface area contributed by atoms with Crippen LogP contribution >= 0.6 is 0 Å². The standard InChI is InChI=1S/C24H24N2O4/c1-3-29-21-12-14-23(15-13-21)30-22-10-8-20(9-11-22)26-24(28)19-6-4-18(5-7-19)16-25-17(2)27/h4-15H,3,16H2,1-2H3,(H,25,27)(H,26,28). The van der Waals surface area contributed by atoms with Gasteiger partial charge in [-0.2, -0.15) is 0 Å². The minimum Gasteiger partial charge on any atom is -0.494 e. The number of carbonyl (C=O) groups is 2. The van der Waals surface area contributed by atoms with Gasteiger partial charge in [0.1, 0.15) is 17.2 Å². The maximum atomic E-state index is 12.4. The normalized spacial score (nSPS) is 10.2. The second-order valence-electron chi connectivity index (χ2n) is 6.59. The number of hydrogen-bond acceptors (Lipinski definition) is 4. The molecule has 0 atom stereocenters. The summed E-state index contributed by atoms with van der Waals surface area (Å²) in [4.78, 5) is 23.4. The van der Waals surface area contributed by atoms with Crippen LogP contribution in [0.1, 0.15) is 29.8 Å². The second-order valence-corrected chi connectivity index (χ2v) is 6.59. The molecule has 0 bridgehead atoms. The van der Waals surface area contributed by atoms with Gasteiger partial charge < -0.3 is 20.1 Å². The van der Waals surface area contributed by atoms with Gasteiger partial charge in [-0.25, -0.2) is 0 Å². The van der Waals surface area contributed by atoms with Gasteiger partial charge in [-0.3, -0.25) is 9.59 Å². The fourth-order valence-corrected chi connectivity index (χ4v) is 2.72. The summed E-state index contributed by atoms with van der Waals surface area (Å²) in [5.74, 6) is 1.87. The largest absolute Gasteiger partial charge is 0.494 e. The van der Waals surface area contributed by atoms with Crippen molar-refractivity contribution >= 4 is 17.5 Å². The van der Waals surface area contributed by atoms with Crippen molar-refractivity contribution in [3.05, 3.63) is 83.9 Å². The van der Waals surface area contributed by atoms with Crippen molar-refractivity contribution in [3.63, 3.8) is 0 Å². The summed E-state index contributed by atoms with van der Waals surface area (Å²) < 4.78 is 11.2. The molecule has 0 aliphatic heterocycles. The van der Waals surface area contributed by atoms with Crippen LogP contribution in [0.25, 0.3) is 0 Å². The Kier molecular flexibility index (Phi) is 7.05. The third-order valence-electron chi connectivity index (χ3n) is 4.24. The lowest BCUT2D eigenvalue weighted by Crippen LogP contribution is -2.19. The summed E-state index contributed by atoms with van der Waals surface area (Å²) in [5, 5.41) is 5.58. The summed E-state index contributed by atoms with van der Waals surface area (Å²) in [6.45, 7) is 4.46. The Morgan fingerprint density at radius 1 is 0.800 bits per heavy atom. The van der Waals surface area contributed by atoms with Gasteiger partial charge in [-0.1, -0.05) is 12.1 Å². The van der Waals surface area contributed by atoms with Crippen molar-refractivity contribution in [1.82, 2.24) is 5.32 Å². The first kappa shape index (κ1) is 20.9. The summed E-state index contributed by atoms with van der Waals surface area (Å²) in [7, 11) is 0. The number of amides is 2. The topological polar surface area (TPSA) is 76.7 Å². The molecule has 0 radical (unpaired) electrons. The lowest BCUT2D eigenvalue weighted by Gasteiger charge is -2.09. The second kappa shape index (κ2) is 10.1. The molecule has 3 aromatic rings. The molecule has 0 fully saturated rings. The zero-order valence-electron chi connectivity index (χ0n) is 17.0. The number of carbonyl (C=O) groups excluding carboxylic acids is 2. The molecule has 30 heavy (non-hydrogen) atoms. The maximum Gasteiger partial charge on any atom is 0.255 e. The molecule has 3 rings (SSSR count). The van der Waals surface area contributed by atoms with E-state index in [0.717, 1.165) is 11.3 Å². The van der Waals surface area contributed by atoms with Crippen molar-refractivity contribution in [2.24, 2.45) is 0 Å². The van der Waals surface area contributed by atoms with Crippen molar-refractivity contribution in [3.8, 4) is 17.2 Å². The van der Waals surface area contributed by atoms with Crippen molar-refractivity contribution < 1.29 is 19.1 Å². The van der Waals surface area contributed by atoms with Crippen molar-refractivity contribution in [2.45, 2.75) is 20.4 Å².